The zero-order valence-corrected chi connectivity index (χ0v) is 10.8. The van der Waals surface area contributed by atoms with Gasteiger partial charge in [-0.1, -0.05) is 41.6 Å². The molecule has 20 heavy (non-hydrogen) atoms. The molecule has 1 aromatic heterocycles. The maximum atomic E-state index is 8.72. The minimum absolute atomic E-state index is 0.108. The Morgan fingerprint density at radius 1 is 1.20 bits per heavy atom. The molecular formula is C15H14N4O. The summed E-state index contributed by atoms with van der Waals surface area (Å²) < 4.78 is 1.93. The van der Waals surface area contributed by atoms with Crippen molar-refractivity contribution in [2.45, 2.75) is 6.54 Å². The zero-order chi connectivity index (χ0) is 13.9. The van der Waals surface area contributed by atoms with Gasteiger partial charge in [0.1, 0.15) is 0 Å². The molecular weight excluding hydrogens is 252 g/mol. The number of hydrogen-bond donors (Lipinski definition) is 2. The highest BCUT2D eigenvalue weighted by Crippen LogP contribution is 2.15. The molecule has 0 unspecified atom stereocenters. The van der Waals surface area contributed by atoms with Gasteiger partial charge in [0.25, 0.3) is 0 Å². The van der Waals surface area contributed by atoms with E-state index < -0.39 is 0 Å². The molecule has 0 radical (unpaired) electrons. The minimum atomic E-state index is 0.108. The van der Waals surface area contributed by atoms with Crippen LogP contribution in [0, 0.1) is 0 Å². The van der Waals surface area contributed by atoms with Crippen molar-refractivity contribution in [3.05, 3.63) is 65.9 Å². The molecule has 0 saturated carbocycles. The molecule has 3 aromatic rings. The van der Waals surface area contributed by atoms with E-state index in [2.05, 4.69) is 10.3 Å². The fraction of sp³-hybridized carbons (Fsp3) is 0.0667. The number of aromatic nitrogens is 2. The maximum Gasteiger partial charge on any atom is 0.170 e. The van der Waals surface area contributed by atoms with Crippen LogP contribution >= 0.6 is 0 Å². The van der Waals surface area contributed by atoms with Crippen LogP contribution in [0.15, 0.2) is 59.9 Å². The average Bonchev–Trinajstić information content (AvgIpc) is 2.90. The summed E-state index contributed by atoms with van der Waals surface area (Å²) in [5.74, 6) is 0.108. The van der Waals surface area contributed by atoms with Gasteiger partial charge in [-0.05, 0) is 17.7 Å². The van der Waals surface area contributed by atoms with Crippen molar-refractivity contribution < 1.29 is 5.21 Å². The molecule has 0 atom stereocenters. The highest BCUT2D eigenvalue weighted by Gasteiger charge is 2.04. The predicted molar refractivity (Wildman–Crippen MR) is 77.8 cm³/mol. The molecule has 0 amide bonds. The van der Waals surface area contributed by atoms with E-state index in [1.54, 1.807) is 6.07 Å². The second kappa shape index (κ2) is 5.05. The van der Waals surface area contributed by atoms with Crippen molar-refractivity contribution in [1.29, 1.82) is 0 Å². The van der Waals surface area contributed by atoms with Gasteiger partial charge in [0.05, 0.1) is 18.3 Å². The first-order valence-electron chi connectivity index (χ1n) is 6.25. The standard InChI is InChI=1S/C15H14N4O/c16-15(18-20)12-6-3-4-11(8-12)10-19-14-7-2-1-5-13(14)9-17-19/h1-9,20H,10H2,(H2,16,18). The molecule has 0 aliphatic carbocycles. The summed E-state index contributed by atoms with van der Waals surface area (Å²) >= 11 is 0. The van der Waals surface area contributed by atoms with E-state index in [1.165, 1.54) is 0 Å². The average molecular weight is 266 g/mol. The number of fused-ring (bicyclic) bond motifs is 1. The van der Waals surface area contributed by atoms with Crippen LogP contribution < -0.4 is 5.73 Å². The summed E-state index contributed by atoms with van der Waals surface area (Å²) in [7, 11) is 0. The zero-order valence-electron chi connectivity index (χ0n) is 10.8. The van der Waals surface area contributed by atoms with Gasteiger partial charge in [0, 0.05) is 10.9 Å². The van der Waals surface area contributed by atoms with Crippen LogP contribution in [0.4, 0.5) is 0 Å². The molecule has 1 heterocycles. The molecule has 5 nitrogen and oxygen atoms in total. The molecule has 0 saturated heterocycles. The second-order valence-electron chi connectivity index (χ2n) is 4.55. The molecule has 0 fully saturated rings. The van der Waals surface area contributed by atoms with Gasteiger partial charge >= 0.3 is 0 Å². The molecule has 100 valence electrons. The van der Waals surface area contributed by atoms with E-state index in [1.807, 2.05) is 53.3 Å². The van der Waals surface area contributed by atoms with Gasteiger partial charge in [-0.2, -0.15) is 5.10 Å². The minimum Gasteiger partial charge on any atom is -0.409 e. The van der Waals surface area contributed by atoms with E-state index in [0.29, 0.717) is 12.1 Å². The first-order chi connectivity index (χ1) is 9.78. The van der Waals surface area contributed by atoms with Crippen molar-refractivity contribution >= 4 is 16.7 Å². The second-order valence-corrected chi connectivity index (χ2v) is 4.55. The van der Waals surface area contributed by atoms with Crippen LogP contribution in [0.2, 0.25) is 0 Å². The quantitative estimate of drug-likeness (QED) is 0.330. The Labute approximate surface area is 115 Å². The van der Waals surface area contributed by atoms with Crippen LogP contribution in [0.1, 0.15) is 11.1 Å². The third kappa shape index (κ3) is 2.21. The number of amidine groups is 1. The van der Waals surface area contributed by atoms with Gasteiger partial charge in [0.15, 0.2) is 5.84 Å². The molecule has 3 rings (SSSR count). The number of para-hydroxylation sites is 1. The Kier molecular flexibility index (Phi) is 3.09. The van der Waals surface area contributed by atoms with Crippen LogP contribution in [-0.4, -0.2) is 20.8 Å². The number of oxime groups is 1. The molecule has 5 heteroatoms. The fourth-order valence-corrected chi connectivity index (χ4v) is 2.21. The molecule has 3 N–H and O–H groups in total. The monoisotopic (exact) mass is 266 g/mol. The van der Waals surface area contributed by atoms with E-state index in [9.17, 15) is 0 Å². The van der Waals surface area contributed by atoms with Crippen LogP contribution in [0.25, 0.3) is 10.9 Å². The van der Waals surface area contributed by atoms with Gasteiger partial charge < -0.3 is 10.9 Å². The van der Waals surface area contributed by atoms with Crippen molar-refractivity contribution in [2.24, 2.45) is 10.9 Å². The summed E-state index contributed by atoms with van der Waals surface area (Å²) in [5.41, 5.74) is 8.43. The number of nitrogens with zero attached hydrogens (tertiary/aromatic N) is 3. The Morgan fingerprint density at radius 2 is 2.05 bits per heavy atom. The molecule has 0 aliphatic rings. The number of nitrogens with two attached hydrogens (primary N) is 1. The predicted octanol–water partition coefficient (Wildman–Crippen LogP) is 2.18. The van der Waals surface area contributed by atoms with E-state index in [0.717, 1.165) is 16.5 Å². The highest BCUT2D eigenvalue weighted by atomic mass is 16.4. The molecule has 0 bridgehead atoms. The Morgan fingerprint density at radius 3 is 2.90 bits per heavy atom. The number of rotatable bonds is 3. The fourth-order valence-electron chi connectivity index (χ4n) is 2.21. The third-order valence-corrected chi connectivity index (χ3v) is 3.21. The molecule has 0 aliphatic heterocycles. The Bertz CT molecular complexity index is 776. The summed E-state index contributed by atoms with van der Waals surface area (Å²) in [5, 5.41) is 17.2. The van der Waals surface area contributed by atoms with Gasteiger partial charge in [-0.25, -0.2) is 0 Å². The van der Waals surface area contributed by atoms with Crippen LogP contribution in [0.3, 0.4) is 0 Å². The van der Waals surface area contributed by atoms with Gasteiger partial charge in [-0.3, -0.25) is 4.68 Å². The summed E-state index contributed by atoms with van der Waals surface area (Å²) in [6.45, 7) is 0.639. The van der Waals surface area contributed by atoms with E-state index in [-0.39, 0.29) is 5.84 Å². The lowest BCUT2D eigenvalue weighted by Gasteiger charge is -2.06. The third-order valence-electron chi connectivity index (χ3n) is 3.21. The smallest absolute Gasteiger partial charge is 0.170 e. The summed E-state index contributed by atoms with van der Waals surface area (Å²) in [6, 6.07) is 15.6. The SMILES string of the molecule is NC(=NO)c1cccc(Cn2ncc3ccccc32)c1. The van der Waals surface area contributed by atoms with E-state index >= 15 is 0 Å². The Balaban J connectivity index is 1.95. The Hall–Kier alpha value is -2.82. The maximum absolute atomic E-state index is 8.72. The summed E-state index contributed by atoms with van der Waals surface area (Å²) in [4.78, 5) is 0. The largest absolute Gasteiger partial charge is 0.409 e. The van der Waals surface area contributed by atoms with Crippen molar-refractivity contribution in [1.82, 2.24) is 9.78 Å². The normalized spacial score (nSPS) is 11.9. The van der Waals surface area contributed by atoms with Gasteiger partial charge in [0.2, 0.25) is 0 Å². The number of hydrogen-bond acceptors (Lipinski definition) is 3. The highest BCUT2D eigenvalue weighted by molar-refractivity contribution is 5.97. The first-order valence-corrected chi connectivity index (χ1v) is 6.25. The van der Waals surface area contributed by atoms with E-state index in [4.69, 9.17) is 10.9 Å². The molecule has 2 aromatic carbocycles. The lowest BCUT2D eigenvalue weighted by atomic mass is 10.1. The summed E-state index contributed by atoms with van der Waals surface area (Å²) in [6.07, 6.45) is 1.85. The van der Waals surface area contributed by atoms with Crippen LogP contribution in [0.5, 0.6) is 0 Å². The van der Waals surface area contributed by atoms with Crippen LogP contribution in [-0.2, 0) is 6.54 Å². The first kappa shape index (κ1) is 12.2. The van der Waals surface area contributed by atoms with Crippen molar-refractivity contribution in [2.75, 3.05) is 0 Å². The topological polar surface area (TPSA) is 76.4 Å². The lowest BCUT2D eigenvalue weighted by Crippen LogP contribution is -2.13. The van der Waals surface area contributed by atoms with Crippen molar-refractivity contribution in [3.63, 3.8) is 0 Å². The number of benzene rings is 2. The van der Waals surface area contributed by atoms with Crippen molar-refractivity contribution in [3.8, 4) is 0 Å². The van der Waals surface area contributed by atoms with Gasteiger partial charge in [-0.15, -0.1) is 0 Å². The molecule has 0 spiro atoms. The lowest BCUT2D eigenvalue weighted by molar-refractivity contribution is 0.318.